The molecule has 0 spiro atoms. The van der Waals surface area contributed by atoms with Gasteiger partial charge < -0.3 is 9.64 Å². The van der Waals surface area contributed by atoms with E-state index in [0.29, 0.717) is 19.7 Å². The second-order valence-corrected chi connectivity index (χ2v) is 4.63. The number of hydrogen-bond donors (Lipinski definition) is 0. The lowest BCUT2D eigenvalue weighted by Gasteiger charge is -2.21. The Hall–Kier alpha value is -0.870. The molecule has 0 atom stereocenters. The highest BCUT2D eigenvalue weighted by atomic mass is 79.9. The summed E-state index contributed by atoms with van der Waals surface area (Å²) in [5.74, 6) is 0.0569. The molecule has 17 heavy (non-hydrogen) atoms. The number of hydrogen-bond acceptors (Lipinski definition) is 2. The standard InChI is InChI=1S/C13H18BrNO2/c1-11-3-5-12(6-4-11)13(16)15(8-7-14)9-10-17-2/h3-6H,7-10H2,1-2H3. The van der Waals surface area contributed by atoms with Gasteiger partial charge in [0, 0.05) is 31.1 Å². The number of benzene rings is 1. The summed E-state index contributed by atoms with van der Waals surface area (Å²) in [4.78, 5) is 14.0. The highest BCUT2D eigenvalue weighted by Gasteiger charge is 2.14. The van der Waals surface area contributed by atoms with Crippen LogP contribution in [0.1, 0.15) is 15.9 Å². The molecule has 3 nitrogen and oxygen atoms in total. The van der Waals surface area contributed by atoms with Crippen molar-refractivity contribution in [3.63, 3.8) is 0 Å². The SMILES string of the molecule is COCCN(CCBr)C(=O)c1ccc(C)cc1. The number of halogens is 1. The molecule has 0 radical (unpaired) electrons. The molecule has 0 N–H and O–H groups in total. The van der Waals surface area contributed by atoms with Crippen LogP contribution in [0.4, 0.5) is 0 Å². The molecule has 0 heterocycles. The largest absolute Gasteiger partial charge is 0.383 e. The van der Waals surface area contributed by atoms with Gasteiger partial charge in [0.05, 0.1) is 6.61 Å². The number of aryl methyl sites for hydroxylation is 1. The molecule has 0 aliphatic heterocycles. The molecular weight excluding hydrogens is 282 g/mol. The quantitative estimate of drug-likeness (QED) is 0.755. The van der Waals surface area contributed by atoms with Gasteiger partial charge in [-0.05, 0) is 19.1 Å². The van der Waals surface area contributed by atoms with Gasteiger partial charge in [0.15, 0.2) is 0 Å². The van der Waals surface area contributed by atoms with Crippen LogP contribution in [-0.4, -0.2) is 42.9 Å². The van der Waals surface area contributed by atoms with E-state index < -0.39 is 0 Å². The Labute approximate surface area is 111 Å². The summed E-state index contributed by atoms with van der Waals surface area (Å²) in [6.07, 6.45) is 0. The second-order valence-electron chi connectivity index (χ2n) is 3.84. The first-order valence-electron chi connectivity index (χ1n) is 5.60. The van der Waals surface area contributed by atoms with Crippen LogP contribution in [0, 0.1) is 6.92 Å². The Morgan fingerprint density at radius 1 is 1.29 bits per heavy atom. The van der Waals surface area contributed by atoms with E-state index in [0.717, 1.165) is 16.5 Å². The van der Waals surface area contributed by atoms with E-state index in [1.165, 1.54) is 0 Å². The molecule has 1 aromatic rings. The van der Waals surface area contributed by atoms with Crippen LogP contribution < -0.4 is 0 Å². The van der Waals surface area contributed by atoms with E-state index in [2.05, 4.69) is 15.9 Å². The number of carbonyl (C=O) groups excluding carboxylic acids is 1. The second kappa shape index (κ2) is 7.45. The van der Waals surface area contributed by atoms with Gasteiger partial charge in [-0.1, -0.05) is 33.6 Å². The normalized spacial score (nSPS) is 10.3. The van der Waals surface area contributed by atoms with Gasteiger partial charge in [0.25, 0.3) is 5.91 Å². The van der Waals surface area contributed by atoms with E-state index >= 15 is 0 Å². The number of nitrogens with zero attached hydrogens (tertiary/aromatic N) is 1. The minimum absolute atomic E-state index is 0.0569. The van der Waals surface area contributed by atoms with Crippen molar-refractivity contribution < 1.29 is 9.53 Å². The maximum atomic E-state index is 12.2. The smallest absolute Gasteiger partial charge is 0.253 e. The number of methoxy groups -OCH3 is 1. The maximum absolute atomic E-state index is 12.2. The Bertz CT molecular complexity index is 351. The molecule has 0 saturated carbocycles. The molecule has 1 rings (SSSR count). The first-order valence-corrected chi connectivity index (χ1v) is 6.72. The average molecular weight is 300 g/mol. The van der Waals surface area contributed by atoms with Gasteiger partial charge in [-0.3, -0.25) is 4.79 Å². The fourth-order valence-electron chi connectivity index (χ4n) is 1.50. The minimum Gasteiger partial charge on any atom is -0.383 e. The minimum atomic E-state index is 0.0569. The summed E-state index contributed by atoms with van der Waals surface area (Å²) in [6.45, 7) is 3.88. The number of ether oxygens (including phenoxy) is 1. The molecule has 0 fully saturated rings. The van der Waals surface area contributed by atoms with Crippen LogP contribution in [0.5, 0.6) is 0 Å². The van der Waals surface area contributed by atoms with Crippen molar-refractivity contribution in [1.82, 2.24) is 4.90 Å². The molecule has 1 amide bonds. The third kappa shape index (κ3) is 4.48. The number of amides is 1. The molecule has 4 heteroatoms. The maximum Gasteiger partial charge on any atom is 0.253 e. The van der Waals surface area contributed by atoms with Gasteiger partial charge in [0.2, 0.25) is 0 Å². The molecule has 0 bridgehead atoms. The van der Waals surface area contributed by atoms with E-state index in [9.17, 15) is 4.79 Å². The van der Waals surface area contributed by atoms with Gasteiger partial charge in [-0.15, -0.1) is 0 Å². The third-order valence-corrected chi connectivity index (χ3v) is 2.86. The zero-order chi connectivity index (χ0) is 12.7. The van der Waals surface area contributed by atoms with Crippen LogP contribution in [0.25, 0.3) is 0 Å². The van der Waals surface area contributed by atoms with Crippen molar-refractivity contribution in [2.45, 2.75) is 6.92 Å². The highest BCUT2D eigenvalue weighted by molar-refractivity contribution is 9.09. The first kappa shape index (κ1) is 14.2. The summed E-state index contributed by atoms with van der Waals surface area (Å²) >= 11 is 3.36. The summed E-state index contributed by atoms with van der Waals surface area (Å²) < 4.78 is 5.01. The zero-order valence-electron chi connectivity index (χ0n) is 10.3. The van der Waals surface area contributed by atoms with Crippen molar-refractivity contribution in [3.8, 4) is 0 Å². The van der Waals surface area contributed by atoms with E-state index in [1.807, 2.05) is 31.2 Å². The Morgan fingerprint density at radius 2 is 1.94 bits per heavy atom. The first-order chi connectivity index (χ1) is 8.19. The summed E-state index contributed by atoms with van der Waals surface area (Å²) in [5, 5.41) is 0.772. The zero-order valence-corrected chi connectivity index (χ0v) is 11.9. The average Bonchev–Trinajstić information content (AvgIpc) is 2.34. The van der Waals surface area contributed by atoms with Gasteiger partial charge in [-0.2, -0.15) is 0 Å². The van der Waals surface area contributed by atoms with E-state index in [4.69, 9.17) is 4.74 Å². The van der Waals surface area contributed by atoms with Crippen molar-refractivity contribution in [1.29, 1.82) is 0 Å². The van der Waals surface area contributed by atoms with Gasteiger partial charge >= 0.3 is 0 Å². The highest BCUT2D eigenvalue weighted by Crippen LogP contribution is 2.07. The molecule has 0 unspecified atom stereocenters. The number of carbonyl (C=O) groups is 1. The Kier molecular flexibility index (Phi) is 6.22. The molecule has 0 aliphatic carbocycles. The predicted molar refractivity (Wildman–Crippen MR) is 72.8 cm³/mol. The molecule has 94 valence electrons. The topological polar surface area (TPSA) is 29.5 Å². The lowest BCUT2D eigenvalue weighted by atomic mass is 10.1. The molecular formula is C13H18BrNO2. The van der Waals surface area contributed by atoms with Crippen molar-refractivity contribution in [3.05, 3.63) is 35.4 Å². The van der Waals surface area contributed by atoms with Gasteiger partial charge in [-0.25, -0.2) is 0 Å². The van der Waals surface area contributed by atoms with Crippen molar-refractivity contribution in [2.24, 2.45) is 0 Å². The van der Waals surface area contributed by atoms with Gasteiger partial charge in [0.1, 0.15) is 0 Å². The van der Waals surface area contributed by atoms with Crippen molar-refractivity contribution >= 4 is 21.8 Å². The van der Waals surface area contributed by atoms with E-state index in [1.54, 1.807) is 12.0 Å². The third-order valence-electron chi connectivity index (χ3n) is 2.51. The van der Waals surface area contributed by atoms with Crippen LogP contribution in [0.15, 0.2) is 24.3 Å². The molecule has 0 aliphatic rings. The van der Waals surface area contributed by atoms with Crippen molar-refractivity contribution in [2.75, 3.05) is 32.1 Å². The summed E-state index contributed by atoms with van der Waals surface area (Å²) in [7, 11) is 1.64. The lowest BCUT2D eigenvalue weighted by Crippen LogP contribution is -2.35. The molecule has 1 aromatic carbocycles. The predicted octanol–water partition coefficient (Wildman–Crippen LogP) is 2.48. The monoisotopic (exact) mass is 299 g/mol. The van der Waals surface area contributed by atoms with Crippen LogP contribution in [0.2, 0.25) is 0 Å². The molecule has 0 aromatic heterocycles. The van der Waals surface area contributed by atoms with E-state index in [-0.39, 0.29) is 5.91 Å². The van der Waals surface area contributed by atoms with Crippen LogP contribution in [-0.2, 0) is 4.74 Å². The summed E-state index contributed by atoms with van der Waals surface area (Å²) in [6, 6.07) is 7.64. The summed E-state index contributed by atoms with van der Waals surface area (Å²) in [5.41, 5.74) is 1.89. The number of alkyl halides is 1. The molecule has 0 saturated heterocycles. The fraction of sp³-hybridized carbons (Fsp3) is 0.462. The number of rotatable bonds is 6. The Morgan fingerprint density at radius 3 is 2.47 bits per heavy atom. The van der Waals surface area contributed by atoms with Crippen LogP contribution >= 0.6 is 15.9 Å². The lowest BCUT2D eigenvalue weighted by molar-refractivity contribution is 0.0709. The Balaban J connectivity index is 2.72. The fourth-order valence-corrected chi connectivity index (χ4v) is 1.93. The van der Waals surface area contributed by atoms with Crippen LogP contribution in [0.3, 0.4) is 0 Å².